The summed E-state index contributed by atoms with van der Waals surface area (Å²) in [6, 6.07) is 6.46. The summed E-state index contributed by atoms with van der Waals surface area (Å²) < 4.78 is 0. The third kappa shape index (κ3) is 2.40. The van der Waals surface area contributed by atoms with Crippen LogP contribution in [-0.4, -0.2) is 47.4 Å². The molecule has 0 aromatic heterocycles. The molecule has 2 heterocycles. The van der Waals surface area contributed by atoms with Crippen LogP contribution in [0.15, 0.2) is 18.2 Å². The van der Waals surface area contributed by atoms with Crippen LogP contribution in [0.2, 0.25) is 0 Å². The van der Waals surface area contributed by atoms with Gasteiger partial charge in [-0.1, -0.05) is 0 Å². The van der Waals surface area contributed by atoms with Crippen LogP contribution < -0.4 is 5.73 Å². The van der Waals surface area contributed by atoms with E-state index in [-0.39, 0.29) is 11.9 Å². The molecule has 0 bridgehead atoms. The molecule has 1 aromatic rings. The highest BCUT2D eigenvalue weighted by Crippen LogP contribution is 2.26. The summed E-state index contributed by atoms with van der Waals surface area (Å²) in [5.74, 6) is 0.124. The van der Waals surface area contributed by atoms with E-state index < -0.39 is 0 Å². The fourth-order valence-electron chi connectivity index (χ4n) is 3.57. The van der Waals surface area contributed by atoms with Gasteiger partial charge in [-0.05, 0) is 57.0 Å². The highest BCUT2D eigenvalue weighted by Gasteiger charge is 2.36. The zero-order valence-corrected chi connectivity index (χ0v) is 12.3. The van der Waals surface area contributed by atoms with Gasteiger partial charge in [-0.25, -0.2) is 0 Å². The van der Waals surface area contributed by atoms with E-state index in [1.807, 2.05) is 24.0 Å². The first-order chi connectivity index (χ1) is 9.54. The number of rotatable bonds is 1. The number of nitrogens with zero attached hydrogens (tertiary/aromatic N) is 2. The summed E-state index contributed by atoms with van der Waals surface area (Å²) in [6.07, 6.45) is 2.48. The molecule has 2 fully saturated rings. The van der Waals surface area contributed by atoms with Gasteiger partial charge in [-0.15, -0.1) is 0 Å². The van der Waals surface area contributed by atoms with E-state index in [0.717, 1.165) is 24.2 Å². The summed E-state index contributed by atoms with van der Waals surface area (Å²) in [5, 5.41) is 0. The van der Waals surface area contributed by atoms with Crippen molar-refractivity contribution < 1.29 is 4.79 Å². The Morgan fingerprint density at radius 2 is 2.10 bits per heavy atom. The van der Waals surface area contributed by atoms with Gasteiger partial charge in [-0.2, -0.15) is 0 Å². The molecule has 2 aliphatic heterocycles. The van der Waals surface area contributed by atoms with Gasteiger partial charge in [0, 0.05) is 36.4 Å². The van der Waals surface area contributed by atoms with Crippen molar-refractivity contribution in [3.05, 3.63) is 29.3 Å². The number of fused-ring (bicyclic) bond motifs is 1. The summed E-state index contributed by atoms with van der Waals surface area (Å²) in [6.45, 7) is 7.16. The standard InChI is InChI=1S/C16H23N3O/c1-11-6-13(8-14(17)7-11)16(20)19-10-15-4-3-5-18(15)9-12(19)2/h6-8,12,15H,3-5,9-10,17H2,1-2H3. The van der Waals surface area contributed by atoms with E-state index in [1.165, 1.54) is 19.4 Å². The second-order valence-electron chi connectivity index (χ2n) is 6.23. The number of piperazine rings is 1. The van der Waals surface area contributed by atoms with E-state index in [1.54, 1.807) is 6.07 Å². The topological polar surface area (TPSA) is 49.6 Å². The molecule has 2 unspecified atom stereocenters. The number of carbonyl (C=O) groups is 1. The maximum atomic E-state index is 12.8. The molecule has 108 valence electrons. The lowest BCUT2D eigenvalue weighted by Gasteiger charge is -2.42. The first-order valence-electron chi connectivity index (χ1n) is 7.47. The van der Waals surface area contributed by atoms with Gasteiger partial charge in [0.2, 0.25) is 0 Å². The largest absolute Gasteiger partial charge is 0.399 e. The predicted molar refractivity (Wildman–Crippen MR) is 80.7 cm³/mol. The lowest BCUT2D eigenvalue weighted by Crippen LogP contribution is -2.56. The molecule has 4 heteroatoms. The van der Waals surface area contributed by atoms with Crippen LogP contribution in [-0.2, 0) is 0 Å². The summed E-state index contributed by atoms with van der Waals surface area (Å²) in [5.41, 5.74) is 8.30. The number of amides is 1. The van der Waals surface area contributed by atoms with Crippen molar-refractivity contribution in [3.8, 4) is 0 Å². The Kier molecular flexibility index (Phi) is 3.42. The van der Waals surface area contributed by atoms with Crippen LogP contribution in [0.5, 0.6) is 0 Å². The summed E-state index contributed by atoms with van der Waals surface area (Å²) in [7, 11) is 0. The molecular formula is C16H23N3O. The Morgan fingerprint density at radius 3 is 2.85 bits per heavy atom. The molecule has 1 amide bonds. The van der Waals surface area contributed by atoms with Crippen molar-refractivity contribution >= 4 is 11.6 Å². The molecular weight excluding hydrogens is 250 g/mol. The number of hydrogen-bond acceptors (Lipinski definition) is 3. The Labute approximate surface area is 120 Å². The highest BCUT2D eigenvalue weighted by atomic mass is 16.2. The molecule has 0 radical (unpaired) electrons. The number of anilines is 1. The minimum absolute atomic E-state index is 0.124. The van der Waals surface area contributed by atoms with Crippen LogP contribution in [0.1, 0.15) is 35.7 Å². The predicted octanol–water partition coefficient (Wildman–Crippen LogP) is 1.89. The third-order valence-corrected chi connectivity index (χ3v) is 4.54. The molecule has 3 rings (SSSR count). The van der Waals surface area contributed by atoms with Crippen LogP contribution in [0.25, 0.3) is 0 Å². The van der Waals surface area contributed by atoms with Gasteiger partial charge >= 0.3 is 0 Å². The fraction of sp³-hybridized carbons (Fsp3) is 0.562. The van der Waals surface area contributed by atoms with Crippen LogP contribution >= 0.6 is 0 Å². The van der Waals surface area contributed by atoms with Gasteiger partial charge in [-0.3, -0.25) is 9.69 Å². The SMILES string of the molecule is Cc1cc(N)cc(C(=O)N2CC3CCCN3CC2C)c1. The number of nitrogen functional groups attached to an aromatic ring is 1. The lowest BCUT2D eigenvalue weighted by molar-refractivity contribution is 0.0395. The van der Waals surface area contributed by atoms with Crippen molar-refractivity contribution in [1.82, 2.24) is 9.80 Å². The van der Waals surface area contributed by atoms with Gasteiger partial charge in [0.25, 0.3) is 5.91 Å². The number of aryl methyl sites for hydroxylation is 1. The normalized spacial score (nSPS) is 26.6. The van der Waals surface area contributed by atoms with Gasteiger partial charge in [0.1, 0.15) is 0 Å². The van der Waals surface area contributed by atoms with E-state index in [4.69, 9.17) is 5.73 Å². The quantitative estimate of drug-likeness (QED) is 0.795. The van der Waals surface area contributed by atoms with Crippen molar-refractivity contribution in [2.45, 2.75) is 38.8 Å². The molecule has 1 aromatic carbocycles. The Hall–Kier alpha value is -1.55. The molecule has 2 atom stereocenters. The smallest absolute Gasteiger partial charge is 0.254 e. The highest BCUT2D eigenvalue weighted by molar-refractivity contribution is 5.95. The first kappa shape index (κ1) is 13.4. The summed E-state index contributed by atoms with van der Waals surface area (Å²) in [4.78, 5) is 17.3. The zero-order valence-electron chi connectivity index (χ0n) is 12.3. The van der Waals surface area contributed by atoms with Crippen LogP contribution in [0.4, 0.5) is 5.69 Å². The van der Waals surface area contributed by atoms with Crippen molar-refractivity contribution in [2.24, 2.45) is 0 Å². The monoisotopic (exact) mass is 273 g/mol. The van der Waals surface area contributed by atoms with E-state index in [0.29, 0.717) is 11.7 Å². The molecule has 2 N–H and O–H groups in total. The molecule has 0 aliphatic carbocycles. The van der Waals surface area contributed by atoms with E-state index >= 15 is 0 Å². The number of hydrogen-bond donors (Lipinski definition) is 1. The molecule has 4 nitrogen and oxygen atoms in total. The third-order valence-electron chi connectivity index (χ3n) is 4.54. The maximum absolute atomic E-state index is 12.8. The lowest BCUT2D eigenvalue weighted by atomic mass is 10.0. The van der Waals surface area contributed by atoms with Crippen LogP contribution in [0.3, 0.4) is 0 Å². The zero-order chi connectivity index (χ0) is 14.3. The van der Waals surface area contributed by atoms with Gasteiger partial charge in [0.05, 0.1) is 0 Å². The Morgan fingerprint density at radius 1 is 1.30 bits per heavy atom. The number of carbonyl (C=O) groups excluding carboxylic acids is 1. The van der Waals surface area contributed by atoms with Crippen LogP contribution in [0, 0.1) is 6.92 Å². The maximum Gasteiger partial charge on any atom is 0.254 e. The van der Waals surface area contributed by atoms with E-state index in [2.05, 4.69) is 11.8 Å². The van der Waals surface area contributed by atoms with Gasteiger partial charge < -0.3 is 10.6 Å². The molecule has 0 spiro atoms. The number of benzene rings is 1. The second kappa shape index (κ2) is 5.09. The molecule has 2 aliphatic rings. The molecule has 0 saturated carbocycles. The average Bonchev–Trinajstić information content (AvgIpc) is 2.82. The molecule has 2 saturated heterocycles. The fourth-order valence-corrected chi connectivity index (χ4v) is 3.57. The minimum atomic E-state index is 0.124. The Balaban J connectivity index is 1.82. The average molecular weight is 273 g/mol. The summed E-state index contributed by atoms with van der Waals surface area (Å²) >= 11 is 0. The number of nitrogens with two attached hydrogens (primary N) is 1. The first-order valence-corrected chi connectivity index (χ1v) is 7.47. The van der Waals surface area contributed by atoms with Gasteiger partial charge in [0.15, 0.2) is 0 Å². The van der Waals surface area contributed by atoms with Crippen molar-refractivity contribution in [3.63, 3.8) is 0 Å². The van der Waals surface area contributed by atoms with Crippen molar-refractivity contribution in [2.75, 3.05) is 25.4 Å². The second-order valence-corrected chi connectivity index (χ2v) is 6.23. The minimum Gasteiger partial charge on any atom is -0.399 e. The molecule has 20 heavy (non-hydrogen) atoms. The Bertz CT molecular complexity index is 508. The van der Waals surface area contributed by atoms with E-state index in [9.17, 15) is 4.79 Å². The van der Waals surface area contributed by atoms with Crippen molar-refractivity contribution in [1.29, 1.82) is 0 Å².